The van der Waals surface area contributed by atoms with E-state index in [4.69, 9.17) is 14.0 Å². The summed E-state index contributed by atoms with van der Waals surface area (Å²) >= 11 is 0. The van der Waals surface area contributed by atoms with Crippen LogP contribution in [-0.2, 0) is 14.0 Å². The number of allylic oxidation sites excluding steroid dienone is 3. The summed E-state index contributed by atoms with van der Waals surface area (Å²) in [7, 11) is -0.607. The van der Waals surface area contributed by atoms with Gasteiger partial charge in [-0.05, 0) is 114 Å². The second-order valence-electron chi connectivity index (χ2n) is 12.3. The standard InChI is InChI=1S/C30H51BO3/c1-19(2)25-13-10-22(7)28(16-25)32-31(33-29-17-26(20(3)4)14-11-23(29)8)34-30-18-27(21(5)6)15-12-24(30)9/h22-30H,1,3,5,10-18H2,2,4,6-9H3. The van der Waals surface area contributed by atoms with Gasteiger partial charge in [-0.1, -0.05) is 57.2 Å². The number of hydrogen-bond donors (Lipinski definition) is 0. The van der Waals surface area contributed by atoms with E-state index in [1.165, 1.54) is 55.2 Å². The molecule has 0 N–H and O–H groups in total. The van der Waals surface area contributed by atoms with Crippen molar-refractivity contribution in [1.29, 1.82) is 0 Å². The van der Waals surface area contributed by atoms with Crippen molar-refractivity contribution < 1.29 is 14.0 Å². The lowest BCUT2D eigenvalue weighted by molar-refractivity contribution is -0.0566. The first kappa shape index (κ1) is 27.7. The van der Waals surface area contributed by atoms with Crippen LogP contribution in [0.4, 0.5) is 0 Å². The molecule has 0 radical (unpaired) electrons. The maximum Gasteiger partial charge on any atom is 0.640 e. The van der Waals surface area contributed by atoms with Crippen molar-refractivity contribution in [3.8, 4) is 0 Å². The minimum Gasteiger partial charge on any atom is -0.383 e. The third-order valence-electron chi connectivity index (χ3n) is 9.31. The monoisotopic (exact) mass is 470 g/mol. The summed E-state index contributed by atoms with van der Waals surface area (Å²) in [4.78, 5) is 0. The van der Waals surface area contributed by atoms with E-state index in [0.29, 0.717) is 35.5 Å². The lowest BCUT2D eigenvalue weighted by Crippen LogP contribution is -2.46. The van der Waals surface area contributed by atoms with Gasteiger partial charge in [0.2, 0.25) is 0 Å². The molecule has 3 aliphatic carbocycles. The molecule has 3 saturated carbocycles. The normalized spacial score (nSPS) is 38.8. The molecule has 0 aromatic rings. The second kappa shape index (κ2) is 12.4. The highest BCUT2D eigenvalue weighted by Gasteiger charge is 2.41. The highest BCUT2D eigenvalue weighted by Crippen LogP contribution is 2.39. The molecule has 3 aliphatic rings. The van der Waals surface area contributed by atoms with Gasteiger partial charge in [0.15, 0.2) is 0 Å². The van der Waals surface area contributed by atoms with Crippen LogP contribution >= 0.6 is 0 Å². The largest absolute Gasteiger partial charge is 0.640 e. The molecule has 0 spiro atoms. The van der Waals surface area contributed by atoms with Crippen LogP contribution in [-0.4, -0.2) is 25.6 Å². The van der Waals surface area contributed by atoms with Crippen LogP contribution in [0.3, 0.4) is 0 Å². The molecule has 0 bridgehead atoms. The minimum absolute atomic E-state index is 0.145. The Morgan fingerprint density at radius 1 is 0.529 bits per heavy atom. The Morgan fingerprint density at radius 3 is 1.03 bits per heavy atom. The van der Waals surface area contributed by atoms with E-state index in [9.17, 15) is 0 Å². The Morgan fingerprint density at radius 2 is 0.794 bits per heavy atom. The Labute approximate surface area is 211 Å². The van der Waals surface area contributed by atoms with E-state index in [0.717, 1.165) is 19.3 Å². The molecule has 0 aliphatic heterocycles. The number of rotatable bonds is 9. The third-order valence-corrected chi connectivity index (χ3v) is 9.31. The summed E-state index contributed by atoms with van der Waals surface area (Å²) < 4.78 is 20.2. The Bertz CT molecular complexity index is 623. The van der Waals surface area contributed by atoms with Crippen molar-refractivity contribution in [3.63, 3.8) is 0 Å². The van der Waals surface area contributed by atoms with Gasteiger partial charge in [0.1, 0.15) is 0 Å². The molecule has 3 rings (SSSR count). The third kappa shape index (κ3) is 7.34. The molecule has 0 saturated heterocycles. The summed E-state index contributed by atoms with van der Waals surface area (Å²) in [5, 5.41) is 0. The summed E-state index contributed by atoms with van der Waals surface area (Å²) in [5.41, 5.74) is 3.82. The van der Waals surface area contributed by atoms with Gasteiger partial charge in [-0.15, -0.1) is 0 Å². The molecule has 3 fully saturated rings. The minimum atomic E-state index is -0.607. The lowest BCUT2D eigenvalue weighted by atomic mass is 9.76. The molecular weight excluding hydrogens is 419 g/mol. The second-order valence-corrected chi connectivity index (χ2v) is 12.3. The Kier molecular flexibility index (Phi) is 10.1. The van der Waals surface area contributed by atoms with Crippen molar-refractivity contribution in [3.05, 3.63) is 36.5 Å². The van der Waals surface area contributed by atoms with E-state index in [-0.39, 0.29) is 18.3 Å². The van der Waals surface area contributed by atoms with Crippen molar-refractivity contribution in [2.45, 2.75) is 118 Å². The smallest absolute Gasteiger partial charge is 0.383 e. The highest BCUT2D eigenvalue weighted by molar-refractivity contribution is 6.36. The lowest BCUT2D eigenvalue weighted by Gasteiger charge is -2.41. The fourth-order valence-corrected chi connectivity index (χ4v) is 6.28. The summed E-state index contributed by atoms with van der Waals surface area (Å²) in [6, 6.07) is 0. The molecule has 9 atom stereocenters. The molecular formula is C30H51BO3. The maximum atomic E-state index is 6.75. The Balaban J connectivity index is 1.75. The molecule has 9 unspecified atom stereocenters. The fraction of sp³-hybridized carbons (Fsp3) is 0.800. The maximum absolute atomic E-state index is 6.75. The van der Waals surface area contributed by atoms with Crippen LogP contribution in [0.5, 0.6) is 0 Å². The van der Waals surface area contributed by atoms with Crippen molar-refractivity contribution in [2.24, 2.45) is 35.5 Å². The first-order valence-corrected chi connectivity index (χ1v) is 14.0. The predicted molar refractivity (Wildman–Crippen MR) is 144 cm³/mol. The molecule has 192 valence electrons. The molecule has 0 amide bonds. The van der Waals surface area contributed by atoms with Crippen LogP contribution in [0.25, 0.3) is 0 Å². The zero-order valence-electron chi connectivity index (χ0n) is 23.0. The van der Waals surface area contributed by atoms with Gasteiger partial charge in [0.25, 0.3) is 0 Å². The van der Waals surface area contributed by atoms with E-state index < -0.39 is 7.32 Å². The fourth-order valence-electron chi connectivity index (χ4n) is 6.28. The van der Waals surface area contributed by atoms with Gasteiger partial charge in [-0.25, -0.2) is 0 Å². The van der Waals surface area contributed by atoms with E-state index in [1.54, 1.807) is 0 Å². The molecule has 3 nitrogen and oxygen atoms in total. The zero-order valence-corrected chi connectivity index (χ0v) is 23.0. The first-order valence-electron chi connectivity index (χ1n) is 14.0. The van der Waals surface area contributed by atoms with Crippen molar-refractivity contribution in [2.75, 3.05) is 0 Å². The van der Waals surface area contributed by atoms with Crippen LogP contribution in [0.2, 0.25) is 0 Å². The van der Waals surface area contributed by atoms with E-state index in [2.05, 4.69) is 61.3 Å². The average molecular weight is 471 g/mol. The van der Waals surface area contributed by atoms with Crippen LogP contribution < -0.4 is 0 Å². The Hall–Kier alpha value is -0.835. The van der Waals surface area contributed by atoms with Crippen molar-refractivity contribution in [1.82, 2.24) is 0 Å². The van der Waals surface area contributed by atoms with Gasteiger partial charge in [0.05, 0.1) is 0 Å². The first-order chi connectivity index (χ1) is 16.0. The topological polar surface area (TPSA) is 27.7 Å². The van der Waals surface area contributed by atoms with Gasteiger partial charge in [-0.2, -0.15) is 0 Å². The summed E-state index contributed by atoms with van der Waals surface area (Å²) in [5.74, 6) is 3.11. The zero-order chi connectivity index (χ0) is 25.0. The van der Waals surface area contributed by atoms with Crippen LogP contribution in [0.15, 0.2) is 36.5 Å². The molecule has 34 heavy (non-hydrogen) atoms. The van der Waals surface area contributed by atoms with Crippen molar-refractivity contribution >= 4 is 7.32 Å². The summed E-state index contributed by atoms with van der Waals surface area (Å²) in [6.45, 7) is 26.1. The van der Waals surface area contributed by atoms with Gasteiger partial charge >= 0.3 is 7.32 Å². The van der Waals surface area contributed by atoms with Gasteiger partial charge in [0, 0.05) is 18.3 Å². The molecule has 0 aromatic carbocycles. The van der Waals surface area contributed by atoms with E-state index in [1.807, 2.05) is 0 Å². The predicted octanol–water partition coefficient (Wildman–Crippen LogP) is 8.16. The highest BCUT2D eigenvalue weighted by atomic mass is 16.7. The van der Waals surface area contributed by atoms with Gasteiger partial charge in [-0.3, -0.25) is 0 Å². The van der Waals surface area contributed by atoms with E-state index >= 15 is 0 Å². The SMILES string of the molecule is C=C(C)C1CCC(C)C(OB(OC2CC(C(=C)C)CCC2C)OC2CC(C(=C)C)CCC2C)C1. The van der Waals surface area contributed by atoms with Crippen LogP contribution in [0, 0.1) is 35.5 Å². The summed E-state index contributed by atoms with van der Waals surface area (Å²) in [6.07, 6.45) is 10.6. The molecule has 0 heterocycles. The quantitative estimate of drug-likeness (QED) is 0.251. The molecule has 0 aromatic heterocycles. The average Bonchev–Trinajstić information content (AvgIpc) is 2.77. The molecule has 4 heteroatoms. The number of hydrogen-bond acceptors (Lipinski definition) is 3. The van der Waals surface area contributed by atoms with Gasteiger partial charge < -0.3 is 14.0 Å². The van der Waals surface area contributed by atoms with Crippen LogP contribution in [0.1, 0.15) is 99.3 Å².